The fourth-order valence-electron chi connectivity index (χ4n) is 0.870. The summed E-state index contributed by atoms with van der Waals surface area (Å²) in [5.41, 5.74) is 1.21. The number of alkyl halides is 1. The zero-order chi connectivity index (χ0) is 8.97. The zero-order valence-electron chi connectivity index (χ0n) is 6.81. The SMILES string of the molecule is Cc1ccc(Br)c(OCCBr)c1. The van der Waals surface area contributed by atoms with E-state index in [0.29, 0.717) is 6.61 Å². The molecule has 0 bridgehead atoms. The van der Waals surface area contributed by atoms with Crippen LogP contribution in [0.25, 0.3) is 0 Å². The van der Waals surface area contributed by atoms with E-state index in [1.165, 1.54) is 5.56 Å². The predicted octanol–water partition coefficient (Wildman–Crippen LogP) is 3.53. The van der Waals surface area contributed by atoms with Gasteiger partial charge in [0.25, 0.3) is 0 Å². The first-order valence-corrected chi connectivity index (χ1v) is 5.60. The van der Waals surface area contributed by atoms with Crippen LogP contribution in [0.1, 0.15) is 5.56 Å². The lowest BCUT2D eigenvalue weighted by Gasteiger charge is -2.06. The monoisotopic (exact) mass is 292 g/mol. The van der Waals surface area contributed by atoms with Crippen LogP contribution in [0.3, 0.4) is 0 Å². The molecule has 1 aromatic rings. The molecule has 0 spiro atoms. The van der Waals surface area contributed by atoms with Gasteiger partial charge in [-0.05, 0) is 40.5 Å². The fourth-order valence-corrected chi connectivity index (χ4v) is 1.39. The number of benzene rings is 1. The van der Waals surface area contributed by atoms with Crippen LogP contribution in [0.15, 0.2) is 22.7 Å². The van der Waals surface area contributed by atoms with Gasteiger partial charge in [0.05, 0.1) is 11.1 Å². The molecule has 0 N–H and O–H groups in total. The quantitative estimate of drug-likeness (QED) is 0.775. The maximum Gasteiger partial charge on any atom is 0.133 e. The summed E-state index contributed by atoms with van der Waals surface area (Å²) in [6.07, 6.45) is 0. The molecule has 0 fully saturated rings. The highest BCUT2D eigenvalue weighted by atomic mass is 79.9. The van der Waals surface area contributed by atoms with Crippen molar-refractivity contribution in [3.8, 4) is 5.75 Å². The summed E-state index contributed by atoms with van der Waals surface area (Å²) in [7, 11) is 0. The number of hydrogen-bond acceptors (Lipinski definition) is 1. The standard InChI is InChI=1S/C9H10Br2O/c1-7-2-3-8(11)9(6-7)12-5-4-10/h2-3,6H,4-5H2,1H3. The summed E-state index contributed by atoms with van der Waals surface area (Å²) in [5, 5.41) is 0.855. The van der Waals surface area contributed by atoms with Crippen molar-refractivity contribution < 1.29 is 4.74 Å². The smallest absolute Gasteiger partial charge is 0.133 e. The highest BCUT2D eigenvalue weighted by Gasteiger charge is 1.99. The number of hydrogen-bond donors (Lipinski definition) is 0. The van der Waals surface area contributed by atoms with Crippen LogP contribution in [0.2, 0.25) is 0 Å². The van der Waals surface area contributed by atoms with Gasteiger partial charge in [-0.25, -0.2) is 0 Å². The van der Waals surface area contributed by atoms with Crippen molar-refractivity contribution >= 4 is 31.9 Å². The van der Waals surface area contributed by atoms with Crippen LogP contribution in [0.5, 0.6) is 5.75 Å². The van der Waals surface area contributed by atoms with Gasteiger partial charge < -0.3 is 4.74 Å². The summed E-state index contributed by atoms with van der Waals surface area (Å²) >= 11 is 6.73. The normalized spacial score (nSPS) is 9.92. The molecule has 1 rings (SSSR count). The van der Waals surface area contributed by atoms with Crippen molar-refractivity contribution in [3.05, 3.63) is 28.2 Å². The van der Waals surface area contributed by atoms with Crippen LogP contribution in [0.4, 0.5) is 0 Å². The third-order valence-electron chi connectivity index (χ3n) is 1.42. The van der Waals surface area contributed by atoms with Crippen LogP contribution in [-0.4, -0.2) is 11.9 Å². The average molecular weight is 294 g/mol. The van der Waals surface area contributed by atoms with Crippen molar-refractivity contribution in [2.45, 2.75) is 6.92 Å². The summed E-state index contributed by atoms with van der Waals surface area (Å²) in [6, 6.07) is 6.07. The van der Waals surface area contributed by atoms with E-state index in [2.05, 4.69) is 31.9 Å². The fraction of sp³-hybridized carbons (Fsp3) is 0.333. The van der Waals surface area contributed by atoms with Crippen LogP contribution in [-0.2, 0) is 0 Å². The number of ether oxygens (including phenoxy) is 1. The highest BCUT2D eigenvalue weighted by molar-refractivity contribution is 9.10. The molecule has 66 valence electrons. The molecular formula is C9H10Br2O. The maximum absolute atomic E-state index is 5.47. The number of halogens is 2. The number of aryl methyl sites for hydroxylation is 1. The predicted molar refractivity (Wildman–Crippen MR) is 58.2 cm³/mol. The third kappa shape index (κ3) is 2.79. The molecular weight excluding hydrogens is 284 g/mol. The van der Waals surface area contributed by atoms with Gasteiger partial charge in [-0.2, -0.15) is 0 Å². The Labute approximate surface area is 89.4 Å². The van der Waals surface area contributed by atoms with E-state index in [9.17, 15) is 0 Å². The maximum atomic E-state index is 5.47. The molecule has 0 aliphatic heterocycles. The Morgan fingerprint density at radius 1 is 1.42 bits per heavy atom. The second kappa shape index (κ2) is 4.87. The average Bonchev–Trinajstić information content (AvgIpc) is 2.07. The Morgan fingerprint density at radius 3 is 2.83 bits per heavy atom. The summed E-state index contributed by atoms with van der Waals surface area (Å²) in [5.74, 6) is 0.912. The lowest BCUT2D eigenvalue weighted by Crippen LogP contribution is -1.98. The topological polar surface area (TPSA) is 9.23 Å². The minimum atomic E-state index is 0.696. The van der Waals surface area contributed by atoms with E-state index >= 15 is 0 Å². The summed E-state index contributed by atoms with van der Waals surface area (Å²) in [4.78, 5) is 0. The minimum absolute atomic E-state index is 0.696. The first-order chi connectivity index (χ1) is 5.74. The van der Waals surface area contributed by atoms with Crippen molar-refractivity contribution in [1.82, 2.24) is 0 Å². The van der Waals surface area contributed by atoms with Crippen molar-refractivity contribution in [1.29, 1.82) is 0 Å². The molecule has 3 heteroatoms. The van der Waals surface area contributed by atoms with Gasteiger partial charge in [-0.1, -0.05) is 22.0 Å². The molecule has 1 aromatic carbocycles. The molecule has 0 unspecified atom stereocenters. The molecule has 0 aromatic heterocycles. The molecule has 0 aliphatic rings. The third-order valence-corrected chi connectivity index (χ3v) is 2.40. The van der Waals surface area contributed by atoms with E-state index < -0.39 is 0 Å². The zero-order valence-corrected chi connectivity index (χ0v) is 9.98. The van der Waals surface area contributed by atoms with Gasteiger partial charge in [0.15, 0.2) is 0 Å². The molecule has 1 nitrogen and oxygen atoms in total. The first kappa shape index (κ1) is 10.1. The molecule has 0 amide bonds. The van der Waals surface area contributed by atoms with Gasteiger partial charge in [-0.15, -0.1) is 0 Å². The van der Waals surface area contributed by atoms with E-state index in [0.717, 1.165) is 15.6 Å². The largest absolute Gasteiger partial charge is 0.492 e. The molecule has 12 heavy (non-hydrogen) atoms. The Hall–Kier alpha value is -0.0200. The summed E-state index contributed by atoms with van der Waals surface area (Å²) < 4.78 is 6.48. The molecule has 0 heterocycles. The Kier molecular flexibility index (Phi) is 4.09. The molecule has 0 aliphatic carbocycles. The molecule has 0 saturated heterocycles. The van der Waals surface area contributed by atoms with Crippen LogP contribution >= 0.6 is 31.9 Å². The van der Waals surface area contributed by atoms with Crippen molar-refractivity contribution in [2.75, 3.05) is 11.9 Å². The molecule has 0 atom stereocenters. The van der Waals surface area contributed by atoms with E-state index in [1.54, 1.807) is 0 Å². The highest BCUT2D eigenvalue weighted by Crippen LogP contribution is 2.25. The van der Waals surface area contributed by atoms with Gasteiger partial charge >= 0.3 is 0 Å². The van der Waals surface area contributed by atoms with E-state index in [-0.39, 0.29) is 0 Å². The van der Waals surface area contributed by atoms with Gasteiger partial charge in [0.2, 0.25) is 0 Å². The Bertz CT molecular complexity index is 261. The molecule has 0 radical (unpaired) electrons. The van der Waals surface area contributed by atoms with Gasteiger partial charge in [-0.3, -0.25) is 0 Å². The van der Waals surface area contributed by atoms with E-state index in [4.69, 9.17) is 4.74 Å². The van der Waals surface area contributed by atoms with E-state index in [1.807, 2.05) is 25.1 Å². The van der Waals surface area contributed by atoms with Crippen LogP contribution in [0, 0.1) is 6.92 Å². The first-order valence-electron chi connectivity index (χ1n) is 3.69. The Morgan fingerprint density at radius 2 is 2.17 bits per heavy atom. The Balaban J connectivity index is 2.75. The van der Waals surface area contributed by atoms with Gasteiger partial charge in [0, 0.05) is 5.33 Å². The lowest BCUT2D eigenvalue weighted by molar-refractivity contribution is 0.342. The second-order valence-corrected chi connectivity index (χ2v) is 4.12. The lowest BCUT2D eigenvalue weighted by atomic mass is 10.2. The van der Waals surface area contributed by atoms with Gasteiger partial charge in [0.1, 0.15) is 5.75 Å². The second-order valence-electron chi connectivity index (χ2n) is 2.47. The molecule has 0 saturated carbocycles. The minimum Gasteiger partial charge on any atom is -0.492 e. The van der Waals surface area contributed by atoms with Crippen LogP contribution < -0.4 is 4.74 Å². The number of rotatable bonds is 3. The van der Waals surface area contributed by atoms with Crippen molar-refractivity contribution in [2.24, 2.45) is 0 Å². The van der Waals surface area contributed by atoms with Crippen molar-refractivity contribution in [3.63, 3.8) is 0 Å². The summed E-state index contributed by atoms with van der Waals surface area (Å²) in [6.45, 7) is 2.75.